The van der Waals surface area contributed by atoms with E-state index in [4.69, 9.17) is 5.73 Å². The Hall–Kier alpha value is -1.34. The largest absolute Gasteiger partial charge is 0.393 e. The second kappa shape index (κ2) is 6.01. The summed E-state index contributed by atoms with van der Waals surface area (Å²) in [6, 6.07) is 0. The first kappa shape index (κ1) is 14.7. The molecule has 7 heteroatoms. The fourth-order valence-corrected chi connectivity index (χ4v) is 2.22. The molecule has 0 spiro atoms. The van der Waals surface area contributed by atoms with Gasteiger partial charge < -0.3 is 20.6 Å². The number of hydrogen-bond donors (Lipinski definition) is 2. The van der Waals surface area contributed by atoms with Crippen LogP contribution >= 0.6 is 11.3 Å². The molecule has 0 aliphatic carbocycles. The third-order valence-corrected chi connectivity index (χ3v) is 3.67. The van der Waals surface area contributed by atoms with Crippen LogP contribution in [-0.2, 0) is 0 Å². The third-order valence-electron chi connectivity index (χ3n) is 2.45. The van der Waals surface area contributed by atoms with Gasteiger partial charge in [0.2, 0.25) is 0 Å². The summed E-state index contributed by atoms with van der Waals surface area (Å²) in [5.41, 5.74) is 5.75. The van der Waals surface area contributed by atoms with Crippen LogP contribution in [0.1, 0.15) is 23.0 Å². The molecule has 0 fully saturated rings. The zero-order chi connectivity index (χ0) is 13.9. The lowest BCUT2D eigenvalue weighted by molar-refractivity contribution is 0.0774. The molecular formula is C11H20N4O2S. The molecule has 0 saturated carbocycles. The Bertz CT molecular complexity index is 417. The van der Waals surface area contributed by atoms with Crippen LogP contribution < -0.4 is 10.6 Å². The third kappa shape index (κ3) is 3.58. The number of thiazole rings is 1. The van der Waals surface area contributed by atoms with Crippen LogP contribution in [-0.4, -0.2) is 54.7 Å². The molecule has 3 N–H and O–H groups in total. The van der Waals surface area contributed by atoms with Crippen LogP contribution in [0.4, 0.5) is 10.9 Å². The number of nitrogens with two attached hydrogens (primary N) is 1. The Balaban J connectivity index is 2.77. The molecule has 6 nitrogen and oxygen atoms in total. The van der Waals surface area contributed by atoms with Gasteiger partial charge in [-0.3, -0.25) is 4.79 Å². The first-order chi connectivity index (χ1) is 8.32. The van der Waals surface area contributed by atoms with Gasteiger partial charge in [-0.15, -0.1) is 0 Å². The molecule has 0 bridgehead atoms. The first-order valence-corrected chi connectivity index (χ1v) is 6.51. The molecule has 1 aromatic rings. The van der Waals surface area contributed by atoms with Crippen molar-refractivity contribution in [2.75, 3.05) is 38.3 Å². The number of amides is 1. The summed E-state index contributed by atoms with van der Waals surface area (Å²) in [6.45, 7) is 2.19. The van der Waals surface area contributed by atoms with E-state index >= 15 is 0 Å². The summed E-state index contributed by atoms with van der Waals surface area (Å²) in [4.78, 5) is 20.1. The summed E-state index contributed by atoms with van der Waals surface area (Å²) in [5.74, 6) is 0.108. The molecule has 0 aliphatic heterocycles. The summed E-state index contributed by atoms with van der Waals surface area (Å²) < 4.78 is 0. The van der Waals surface area contributed by atoms with Gasteiger partial charge in [-0.2, -0.15) is 0 Å². The van der Waals surface area contributed by atoms with Crippen molar-refractivity contribution in [1.82, 2.24) is 9.88 Å². The van der Waals surface area contributed by atoms with E-state index in [9.17, 15) is 9.90 Å². The van der Waals surface area contributed by atoms with E-state index in [1.165, 1.54) is 11.3 Å². The number of nitrogen functional groups attached to an aromatic ring is 1. The lowest BCUT2D eigenvalue weighted by atomic mass is 10.2. The molecule has 1 unspecified atom stereocenters. The smallest absolute Gasteiger partial charge is 0.267 e. The molecule has 1 heterocycles. The maximum absolute atomic E-state index is 12.1. The summed E-state index contributed by atoms with van der Waals surface area (Å²) in [7, 11) is 5.40. The van der Waals surface area contributed by atoms with Gasteiger partial charge in [0.1, 0.15) is 10.7 Å². The van der Waals surface area contributed by atoms with E-state index in [0.29, 0.717) is 23.0 Å². The molecule has 0 radical (unpaired) electrons. The molecule has 0 aliphatic rings. The quantitative estimate of drug-likeness (QED) is 0.821. The molecule has 18 heavy (non-hydrogen) atoms. The minimum atomic E-state index is -0.420. The number of rotatable bonds is 5. The Morgan fingerprint density at radius 3 is 2.56 bits per heavy atom. The SMILES string of the molecule is CC(O)CCN(C)C(=O)c1sc(N(C)C)nc1N. The molecule has 0 aromatic carbocycles. The standard InChI is InChI=1S/C11H20N4O2S/c1-7(16)5-6-15(4)10(17)8-9(12)13-11(18-8)14(2)3/h7,16H,5-6,12H2,1-4H3. The zero-order valence-corrected chi connectivity index (χ0v) is 12.0. The van der Waals surface area contributed by atoms with Crippen LogP contribution in [0.5, 0.6) is 0 Å². The van der Waals surface area contributed by atoms with Crippen molar-refractivity contribution in [3.63, 3.8) is 0 Å². The highest BCUT2D eigenvalue weighted by atomic mass is 32.1. The van der Waals surface area contributed by atoms with Gasteiger partial charge in [-0.25, -0.2) is 4.98 Å². The Morgan fingerprint density at radius 2 is 2.11 bits per heavy atom. The fraction of sp³-hybridized carbons (Fsp3) is 0.636. The fourth-order valence-electron chi connectivity index (χ4n) is 1.32. The van der Waals surface area contributed by atoms with Crippen LogP contribution in [0, 0.1) is 0 Å². The number of aliphatic hydroxyl groups excluding tert-OH is 1. The Kier molecular flexibility index (Phi) is 4.92. The molecule has 1 rings (SSSR count). The summed E-state index contributed by atoms with van der Waals surface area (Å²) in [5, 5.41) is 9.91. The average molecular weight is 272 g/mol. The van der Waals surface area contributed by atoms with Gasteiger partial charge in [-0.05, 0) is 13.3 Å². The van der Waals surface area contributed by atoms with Crippen molar-refractivity contribution < 1.29 is 9.90 Å². The van der Waals surface area contributed by atoms with Gasteiger partial charge in [-0.1, -0.05) is 11.3 Å². The van der Waals surface area contributed by atoms with Gasteiger partial charge in [0.25, 0.3) is 5.91 Å². The van der Waals surface area contributed by atoms with Crippen molar-refractivity contribution in [3.8, 4) is 0 Å². The lowest BCUT2D eigenvalue weighted by Gasteiger charge is -2.17. The Labute approximate surface area is 111 Å². The number of aromatic nitrogens is 1. The van der Waals surface area contributed by atoms with Crippen molar-refractivity contribution in [2.24, 2.45) is 0 Å². The van der Waals surface area contributed by atoms with E-state index in [1.54, 1.807) is 18.9 Å². The average Bonchev–Trinajstić information content (AvgIpc) is 2.67. The molecule has 1 amide bonds. The first-order valence-electron chi connectivity index (χ1n) is 5.70. The summed E-state index contributed by atoms with van der Waals surface area (Å²) in [6.07, 6.45) is 0.123. The van der Waals surface area contributed by atoms with E-state index in [1.807, 2.05) is 19.0 Å². The monoisotopic (exact) mass is 272 g/mol. The lowest BCUT2D eigenvalue weighted by Crippen LogP contribution is -2.29. The van der Waals surface area contributed by atoms with Crippen molar-refractivity contribution in [3.05, 3.63) is 4.88 Å². The van der Waals surface area contributed by atoms with E-state index in [0.717, 1.165) is 0 Å². The number of nitrogens with zero attached hydrogens (tertiary/aromatic N) is 3. The molecular weight excluding hydrogens is 252 g/mol. The molecule has 102 valence electrons. The van der Waals surface area contributed by atoms with Crippen molar-refractivity contribution in [2.45, 2.75) is 19.4 Å². The predicted octanol–water partition coefficient (Wildman–Crippen LogP) is 0.634. The van der Waals surface area contributed by atoms with E-state index in [-0.39, 0.29) is 11.7 Å². The van der Waals surface area contributed by atoms with Crippen molar-refractivity contribution >= 4 is 28.2 Å². The normalized spacial score (nSPS) is 12.3. The molecule has 1 aromatic heterocycles. The minimum absolute atomic E-state index is 0.154. The highest BCUT2D eigenvalue weighted by molar-refractivity contribution is 7.18. The van der Waals surface area contributed by atoms with E-state index in [2.05, 4.69) is 4.98 Å². The highest BCUT2D eigenvalue weighted by Crippen LogP contribution is 2.27. The van der Waals surface area contributed by atoms with Gasteiger partial charge >= 0.3 is 0 Å². The topological polar surface area (TPSA) is 82.7 Å². The minimum Gasteiger partial charge on any atom is -0.393 e. The van der Waals surface area contributed by atoms with Gasteiger partial charge in [0.05, 0.1) is 6.10 Å². The van der Waals surface area contributed by atoms with Crippen LogP contribution in [0.3, 0.4) is 0 Å². The molecule has 0 saturated heterocycles. The maximum Gasteiger partial charge on any atom is 0.267 e. The molecule has 1 atom stereocenters. The number of carbonyl (C=O) groups excluding carboxylic acids is 1. The van der Waals surface area contributed by atoms with Crippen LogP contribution in [0.25, 0.3) is 0 Å². The predicted molar refractivity (Wildman–Crippen MR) is 74.1 cm³/mol. The van der Waals surface area contributed by atoms with Crippen LogP contribution in [0.15, 0.2) is 0 Å². The summed E-state index contributed by atoms with van der Waals surface area (Å²) >= 11 is 1.27. The Morgan fingerprint density at radius 1 is 1.50 bits per heavy atom. The number of hydrogen-bond acceptors (Lipinski definition) is 6. The second-order valence-corrected chi connectivity index (χ2v) is 5.45. The van der Waals surface area contributed by atoms with Gasteiger partial charge in [0, 0.05) is 27.7 Å². The van der Waals surface area contributed by atoms with Crippen molar-refractivity contribution in [1.29, 1.82) is 0 Å². The number of anilines is 2. The zero-order valence-electron chi connectivity index (χ0n) is 11.2. The number of carbonyl (C=O) groups is 1. The number of aliphatic hydroxyl groups is 1. The maximum atomic E-state index is 12.1. The van der Waals surface area contributed by atoms with Crippen LogP contribution in [0.2, 0.25) is 0 Å². The van der Waals surface area contributed by atoms with Gasteiger partial charge in [0.15, 0.2) is 5.13 Å². The van der Waals surface area contributed by atoms with E-state index < -0.39 is 6.10 Å². The second-order valence-electron chi connectivity index (χ2n) is 4.47. The highest BCUT2D eigenvalue weighted by Gasteiger charge is 2.20.